The number of phenolic OH excluding ortho intramolecular Hbond substituents is 2. The molecule has 0 bridgehead atoms. The number of nitrogens with one attached hydrogen (secondary N) is 1. The molecule has 3 aromatic rings. The molecule has 0 aliphatic carbocycles. The number of hydrogen-bond donors (Lipinski definition) is 3. The molecule has 3 N–H and O–H groups in total. The standard InChI is InChI=1S/C16H13N3O5/c1-9-16(24-12-5-2-10(3-6-12)19(22)23)15(18-17-9)13-7-4-11(20)8-14(13)21/h2-8,20-21H,1H3,(H,17,18). The highest BCUT2D eigenvalue weighted by Crippen LogP contribution is 2.39. The topological polar surface area (TPSA) is 122 Å². The zero-order valence-corrected chi connectivity index (χ0v) is 12.6. The number of ether oxygens (including phenoxy) is 1. The third-order valence-electron chi connectivity index (χ3n) is 3.39. The summed E-state index contributed by atoms with van der Waals surface area (Å²) < 4.78 is 5.76. The molecule has 2 aromatic carbocycles. The smallest absolute Gasteiger partial charge is 0.269 e. The number of benzene rings is 2. The van der Waals surface area contributed by atoms with Crippen LogP contribution in [-0.4, -0.2) is 25.3 Å². The molecular weight excluding hydrogens is 314 g/mol. The molecule has 1 heterocycles. The van der Waals surface area contributed by atoms with Gasteiger partial charge < -0.3 is 14.9 Å². The van der Waals surface area contributed by atoms with Gasteiger partial charge in [-0.3, -0.25) is 15.2 Å². The fraction of sp³-hybridized carbons (Fsp3) is 0.0625. The second-order valence-corrected chi connectivity index (χ2v) is 5.08. The number of nitro groups is 1. The summed E-state index contributed by atoms with van der Waals surface area (Å²) in [5.41, 5.74) is 1.33. The van der Waals surface area contributed by atoms with E-state index >= 15 is 0 Å². The summed E-state index contributed by atoms with van der Waals surface area (Å²) in [5, 5.41) is 37.0. The Morgan fingerprint density at radius 3 is 2.50 bits per heavy atom. The molecule has 122 valence electrons. The number of nitro benzene ring substituents is 1. The fourth-order valence-corrected chi connectivity index (χ4v) is 2.20. The van der Waals surface area contributed by atoms with Crippen molar-refractivity contribution in [2.45, 2.75) is 6.92 Å². The van der Waals surface area contributed by atoms with Crippen LogP contribution in [-0.2, 0) is 0 Å². The van der Waals surface area contributed by atoms with Crippen LogP contribution in [0.3, 0.4) is 0 Å². The molecule has 0 aliphatic rings. The van der Waals surface area contributed by atoms with Crippen LogP contribution in [0.1, 0.15) is 5.69 Å². The van der Waals surface area contributed by atoms with Gasteiger partial charge in [0.2, 0.25) is 0 Å². The molecule has 0 fully saturated rings. The lowest BCUT2D eigenvalue weighted by molar-refractivity contribution is -0.384. The minimum atomic E-state index is -0.493. The summed E-state index contributed by atoms with van der Waals surface area (Å²) in [6, 6.07) is 9.77. The Morgan fingerprint density at radius 2 is 1.88 bits per heavy atom. The maximum atomic E-state index is 10.7. The van der Waals surface area contributed by atoms with Crippen molar-refractivity contribution in [3.05, 3.63) is 58.3 Å². The molecule has 3 rings (SSSR count). The third kappa shape index (κ3) is 2.84. The fourth-order valence-electron chi connectivity index (χ4n) is 2.20. The number of nitrogens with zero attached hydrogens (tertiary/aromatic N) is 2. The molecule has 8 nitrogen and oxygen atoms in total. The number of aryl methyl sites for hydroxylation is 1. The summed E-state index contributed by atoms with van der Waals surface area (Å²) in [6.07, 6.45) is 0. The summed E-state index contributed by atoms with van der Waals surface area (Å²) in [7, 11) is 0. The van der Waals surface area contributed by atoms with Gasteiger partial charge in [0, 0.05) is 23.8 Å². The number of aromatic hydroxyl groups is 2. The Hall–Kier alpha value is -3.55. The van der Waals surface area contributed by atoms with Gasteiger partial charge in [-0.1, -0.05) is 0 Å². The maximum Gasteiger partial charge on any atom is 0.269 e. The van der Waals surface area contributed by atoms with Crippen LogP contribution in [0.2, 0.25) is 0 Å². The van der Waals surface area contributed by atoms with Crippen molar-refractivity contribution >= 4 is 5.69 Å². The molecule has 0 saturated heterocycles. The monoisotopic (exact) mass is 327 g/mol. The largest absolute Gasteiger partial charge is 0.508 e. The van der Waals surface area contributed by atoms with Gasteiger partial charge in [-0.15, -0.1) is 0 Å². The number of aromatic nitrogens is 2. The first kappa shape index (κ1) is 15.3. The lowest BCUT2D eigenvalue weighted by Gasteiger charge is -2.08. The molecule has 24 heavy (non-hydrogen) atoms. The number of non-ortho nitro benzene ring substituents is 1. The molecule has 0 unspecified atom stereocenters. The first-order valence-electron chi connectivity index (χ1n) is 6.95. The van der Waals surface area contributed by atoms with E-state index < -0.39 is 4.92 Å². The van der Waals surface area contributed by atoms with Gasteiger partial charge in [-0.25, -0.2) is 0 Å². The molecular formula is C16H13N3O5. The van der Waals surface area contributed by atoms with E-state index in [1.807, 2.05) is 0 Å². The molecule has 8 heteroatoms. The van der Waals surface area contributed by atoms with Crippen molar-refractivity contribution in [2.75, 3.05) is 0 Å². The van der Waals surface area contributed by atoms with Gasteiger partial charge in [0.1, 0.15) is 22.9 Å². The molecule has 0 aliphatic heterocycles. The number of rotatable bonds is 4. The Morgan fingerprint density at radius 1 is 1.17 bits per heavy atom. The van der Waals surface area contributed by atoms with Crippen LogP contribution < -0.4 is 4.74 Å². The highest BCUT2D eigenvalue weighted by molar-refractivity contribution is 5.74. The minimum absolute atomic E-state index is 0.0392. The van der Waals surface area contributed by atoms with Crippen LogP contribution in [0, 0.1) is 17.0 Å². The lowest BCUT2D eigenvalue weighted by atomic mass is 10.1. The van der Waals surface area contributed by atoms with Crippen molar-refractivity contribution in [3.8, 4) is 34.3 Å². The van der Waals surface area contributed by atoms with Crippen LogP contribution in [0.5, 0.6) is 23.0 Å². The van der Waals surface area contributed by atoms with E-state index in [4.69, 9.17) is 4.74 Å². The third-order valence-corrected chi connectivity index (χ3v) is 3.39. The van der Waals surface area contributed by atoms with Crippen molar-refractivity contribution < 1.29 is 19.9 Å². The van der Waals surface area contributed by atoms with Crippen LogP contribution >= 0.6 is 0 Å². The predicted molar refractivity (Wildman–Crippen MR) is 85.3 cm³/mol. The quantitative estimate of drug-likeness (QED) is 0.498. The second-order valence-electron chi connectivity index (χ2n) is 5.08. The molecule has 0 amide bonds. The Labute approximate surface area is 136 Å². The number of H-pyrrole nitrogens is 1. The average molecular weight is 327 g/mol. The Bertz CT molecular complexity index is 903. The first-order valence-corrected chi connectivity index (χ1v) is 6.95. The maximum absolute atomic E-state index is 10.7. The molecule has 1 aromatic heterocycles. The van der Waals surface area contributed by atoms with Crippen LogP contribution in [0.25, 0.3) is 11.3 Å². The van der Waals surface area contributed by atoms with Gasteiger partial charge in [-0.05, 0) is 31.2 Å². The highest BCUT2D eigenvalue weighted by atomic mass is 16.6. The SMILES string of the molecule is Cc1[nH]nc(-c2ccc(O)cc2O)c1Oc1ccc([N+](=O)[O-])cc1. The van der Waals surface area contributed by atoms with E-state index in [0.717, 1.165) is 0 Å². The summed E-state index contributed by atoms with van der Waals surface area (Å²) >= 11 is 0. The molecule has 0 atom stereocenters. The number of phenols is 2. The second kappa shape index (κ2) is 5.92. The Kier molecular flexibility index (Phi) is 3.78. The van der Waals surface area contributed by atoms with Crippen molar-refractivity contribution in [1.82, 2.24) is 10.2 Å². The number of aromatic amines is 1. The van der Waals surface area contributed by atoms with E-state index in [-0.39, 0.29) is 17.2 Å². The summed E-state index contributed by atoms with van der Waals surface area (Å²) in [5.74, 6) is 0.561. The van der Waals surface area contributed by atoms with E-state index in [2.05, 4.69) is 10.2 Å². The molecule has 0 spiro atoms. The highest BCUT2D eigenvalue weighted by Gasteiger charge is 2.18. The van der Waals surface area contributed by atoms with Gasteiger partial charge in [0.25, 0.3) is 5.69 Å². The van der Waals surface area contributed by atoms with E-state index in [0.29, 0.717) is 28.5 Å². The van der Waals surface area contributed by atoms with Gasteiger partial charge in [0.05, 0.1) is 10.6 Å². The summed E-state index contributed by atoms with van der Waals surface area (Å²) in [6.45, 7) is 1.74. The van der Waals surface area contributed by atoms with E-state index in [1.54, 1.807) is 6.92 Å². The zero-order chi connectivity index (χ0) is 17.3. The zero-order valence-electron chi connectivity index (χ0n) is 12.6. The Balaban J connectivity index is 1.97. The lowest BCUT2D eigenvalue weighted by Crippen LogP contribution is -1.90. The summed E-state index contributed by atoms with van der Waals surface area (Å²) in [4.78, 5) is 10.2. The van der Waals surface area contributed by atoms with Gasteiger partial charge >= 0.3 is 0 Å². The van der Waals surface area contributed by atoms with Crippen molar-refractivity contribution in [2.24, 2.45) is 0 Å². The average Bonchev–Trinajstić information content (AvgIpc) is 2.89. The van der Waals surface area contributed by atoms with E-state index in [1.165, 1.54) is 42.5 Å². The molecule has 0 radical (unpaired) electrons. The first-order chi connectivity index (χ1) is 11.5. The predicted octanol–water partition coefficient (Wildman–Crippen LogP) is 3.50. The van der Waals surface area contributed by atoms with Crippen LogP contribution in [0.4, 0.5) is 5.69 Å². The molecule has 0 saturated carbocycles. The van der Waals surface area contributed by atoms with E-state index in [9.17, 15) is 20.3 Å². The van der Waals surface area contributed by atoms with Crippen molar-refractivity contribution in [1.29, 1.82) is 0 Å². The van der Waals surface area contributed by atoms with Crippen LogP contribution in [0.15, 0.2) is 42.5 Å². The normalized spacial score (nSPS) is 10.5. The minimum Gasteiger partial charge on any atom is -0.508 e. The van der Waals surface area contributed by atoms with Crippen molar-refractivity contribution in [3.63, 3.8) is 0 Å². The van der Waals surface area contributed by atoms with Gasteiger partial charge in [0.15, 0.2) is 5.75 Å². The van der Waals surface area contributed by atoms with Gasteiger partial charge in [-0.2, -0.15) is 5.10 Å². The number of hydrogen-bond acceptors (Lipinski definition) is 6.